The Kier molecular flexibility index (Phi) is 4.96. The molecular formula is C22H23N3O4. The maximum atomic E-state index is 12.3. The first-order valence-electron chi connectivity index (χ1n) is 9.60. The van der Waals surface area contributed by atoms with E-state index in [4.69, 9.17) is 4.74 Å². The maximum Gasteiger partial charge on any atom is 0.322 e. The van der Waals surface area contributed by atoms with E-state index in [-0.39, 0.29) is 18.4 Å². The summed E-state index contributed by atoms with van der Waals surface area (Å²) >= 11 is 0. The monoisotopic (exact) mass is 393 g/mol. The van der Waals surface area contributed by atoms with Gasteiger partial charge in [-0.25, -0.2) is 4.79 Å². The van der Waals surface area contributed by atoms with E-state index in [1.807, 2.05) is 19.1 Å². The Balaban J connectivity index is 1.41. The smallest absolute Gasteiger partial charge is 0.322 e. The molecule has 7 nitrogen and oxygen atoms in total. The summed E-state index contributed by atoms with van der Waals surface area (Å²) in [4.78, 5) is 35.0. The minimum absolute atomic E-state index is 0.00878. The number of carbonyl (C=O) groups is 3. The van der Waals surface area contributed by atoms with Gasteiger partial charge < -0.3 is 15.4 Å². The van der Waals surface area contributed by atoms with Gasteiger partial charge >= 0.3 is 6.03 Å². The van der Waals surface area contributed by atoms with Crippen LogP contribution in [0.25, 0.3) is 11.1 Å². The summed E-state index contributed by atoms with van der Waals surface area (Å²) < 4.78 is 5.33. The van der Waals surface area contributed by atoms with E-state index >= 15 is 0 Å². The maximum absolute atomic E-state index is 12.3. The lowest BCUT2D eigenvalue weighted by Crippen LogP contribution is -2.40. The standard InChI is InChI=1S/C22H23N3O4/c1-12-7-13(5-6-19(12)29-2)14-3-4-15-9-17(10-16(15)8-14)23-20(26)11-18-21(27)25-22(28)24-18/h3-8,17-18H,9-11H2,1-2H3,(H,23,26)(H2,24,25,27,28). The summed E-state index contributed by atoms with van der Waals surface area (Å²) in [5, 5.41) is 7.57. The molecule has 0 radical (unpaired) electrons. The molecule has 4 amide bonds. The van der Waals surface area contributed by atoms with Crippen molar-refractivity contribution in [2.45, 2.75) is 38.3 Å². The molecule has 2 aliphatic rings. The van der Waals surface area contributed by atoms with Crippen molar-refractivity contribution in [2.24, 2.45) is 0 Å². The fourth-order valence-corrected chi connectivity index (χ4v) is 4.03. The van der Waals surface area contributed by atoms with Crippen molar-refractivity contribution < 1.29 is 19.1 Å². The molecule has 150 valence electrons. The molecule has 0 spiro atoms. The van der Waals surface area contributed by atoms with Crippen LogP contribution in [0.2, 0.25) is 0 Å². The Hall–Kier alpha value is -3.35. The van der Waals surface area contributed by atoms with Gasteiger partial charge in [0.05, 0.1) is 13.5 Å². The topological polar surface area (TPSA) is 96.5 Å². The highest BCUT2D eigenvalue weighted by atomic mass is 16.5. The number of urea groups is 1. The number of hydrogen-bond acceptors (Lipinski definition) is 4. The molecule has 3 N–H and O–H groups in total. The molecular weight excluding hydrogens is 370 g/mol. The third-order valence-corrected chi connectivity index (χ3v) is 5.48. The number of carbonyl (C=O) groups excluding carboxylic acids is 3. The van der Waals surface area contributed by atoms with Crippen LogP contribution in [0.4, 0.5) is 4.79 Å². The lowest BCUT2D eigenvalue weighted by atomic mass is 9.99. The molecule has 1 aliphatic heterocycles. The van der Waals surface area contributed by atoms with Gasteiger partial charge in [0.2, 0.25) is 5.91 Å². The SMILES string of the molecule is COc1ccc(-c2ccc3c(c2)CC(NC(=O)CC2NC(=O)NC2=O)C3)cc1C. The normalized spacial score (nSPS) is 20.1. The van der Waals surface area contributed by atoms with Crippen molar-refractivity contribution in [1.29, 1.82) is 0 Å². The van der Waals surface area contributed by atoms with E-state index in [1.165, 1.54) is 11.1 Å². The molecule has 1 heterocycles. The van der Waals surface area contributed by atoms with Crippen molar-refractivity contribution >= 4 is 17.8 Å². The highest BCUT2D eigenvalue weighted by molar-refractivity contribution is 6.05. The van der Waals surface area contributed by atoms with Crippen LogP contribution >= 0.6 is 0 Å². The second-order valence-electron chi connectivity index (χ2n) is 7.56. The Morgan fingerprint density at radius 1 is 1.10 bits per heavy atom. The molecule has 2 atom stereocenters. The second kappa shape index (κ2) is 7.58. The average Bonchev–Trinajstić information content (AvgIpc) is 3.22. The molecule has 0 bridgehead atoms. The minimum Gasteiger partial charge on any atom is -0.496 e. The molecule has 2 unspecified atom stereocenters. The molecule has 2 aromatic carbocycles. The number of methoxy groups -OCH3 is 1. The molecule has 1 fully saturated rings. The van der Waals surface area contributed by atoms with E-state index in [0.717, 1.165) is 35.3 Å². The molecule has 7 heteroatoms. The van der Waals surface area contributed by atoms with E-state index in [1.54, 1.807) is 7.11 Å². The van der Waals surface area contributed by atoms with Gasteiger partial charge in [-0.05, 0) is 59.7 Å². The lowest BCUT2D eigenvalue weighted by molar-refractivity contribution is -0.126. The van der Waals surface area contributed by atoms with Gasteiger partial charge in [0.1, 0.15) is 11.8 Å². The third-order valence-electron chi connectivity index (χ3n) is 5.48. The van der Waals surface area contributed by atoms with Gasteiger partial charge in [0.15, 0.2) is 0 Å². The molecule has 2 aromatic rings. The minimum atomic E-state index is -0.795. The number of nitrogens with one attached hydrogen (secondary N) is 3. The van der Waals surface area contributed by atoms with Gasteiger partial charge in [0.25, 0.3) is 5.91 Å². The summed E-state index contributed by atoms with van der Waals surface area (Å²) in [6.45, 7) is 2.02. The predicted octanol–water partition coefficient (Wildman–Crippen LogP) is 1.85. The zero-order valence-electron chi connectivity index (χ0n) is 16.4. The number of hydrogen-bond donors (Lipinski definition) is 3. The Morgan fingerprint density at radius 3 is 2.52 bits per heavy atom. The van der Waals surface area contributed by atoms with Crippen molar-refractivity contribution in [3.8, 4) is 16.9 Å². The second-order valence-corrected chi connectivity index (χ2v) is 7.56. The molecule has 0 aromatic heterocycles. The largest absolute Gasteiger partial charge is 0.496 e. The molecule has 29 heavy (non-hydrogen) atoms. The van der Waals surface area contributed by atoms with Gasteiger partial charge in [-0.15, -0.1) is 0 Å². The van der Waals surface area contributed by atoms with E-state index in [0.29, 0.717) is 0 Å². The van der Waals surface area contributed by atoms with Crippen molar-refractivity contribution in [3.63, 3.8) is 0 Å². The molecule has 4 rings (SSSR count). The molecule has 0 saturated carbocycles. The Bertz CT molecular complexity index is 1000. The zero-order chi connectivity index (χ0) is 20.5. The van der Waals surface area contributed by atoms with Crippen LogP contribution in [0.5, 0.6) is 5.75 Å². The fraction of sp³-hybridized carbons (Fsp3) is 0.318. The summed E-state index contributed by atoms with van der Waals surface area (Å²) in [5.74, 6) is 0.167. The van der Waals surface area contributed by atoms with Gasteiger partial charge in [-0.2, -0.15) is 0 Å². The van der Waals surface area contributed by atoms with Crippen molar-refractivity contribution in [3.05, 3.63) is 53.1 Å². The highest BCUT2D eigenvalue weighted by Crippen LogP contribution is 2.30. The van der Waals surface area contributed by atoms with Crippen LogP contribution in [0.1, 0.15) is 23.1 Å². The predicted molar refractivity (Wildman–Crippen MR) is 108 cm³/mol. The average molecular weight is 393 g/mol. The lowest BCUT2D eigenvalue weighted by Gasteiger charge is -2.13. The number of amides is 4. The number of aryl methyl sites for hydroxylation is 1. The summed E-state index contributed by atoms with van der Waals surface area (Å²) in [7, 11) is 1.67. The van der Waals surface area contributed by atoms with Gasteiger partial charge in [-0.1, -0.05) is 24.3 Å². The van der Waals surface area contributed by atoms with E-state index in [2.05, 4.69) is 40.2 Å². The first kappa shape index (κ1) is 19.0. The van der Waals surface area contributed by atoms with Crippen LogP contribution in [0.3, 0.4) is 0 Å². The number of imide groups is 1. The van der Waals surface area contributed by atoms with E-state index in [9.17, 15) is 14.4 Å². The van der Waals surface area contributed by atoms with Crippen LogP contribution in [-0.2, 0) is 22.4 Å². The third kappa shape index (κ3) is 3.94. The highest BCUT2D eigenvalue weighted by Gasteiger charge is 2.32. The van der Waals surface area contributed by atoms with Crippen LogP contribution < -0.4 is 20.7 Å². The number of rotatable bonds is 5. The summed E-state index contributed by atoms with van der Waals surface area (Å²) in [6.07, 6.45) is 1.44. The van der Waals surface area contributed by atoms with Crippen LogP contribution in [0, 0.1) is 6.92 Å². The van der Waals surface area contributed by atoms with Crippen LogP contribution in [-0.4, -0.2) is 37.0 Å². The zero-order valence-corrected chi connectivity index (χ0v) is 16.4. The number of benzene rings is 2. The Labute approximate surface area is 168 Å². The van der Waals surface area contributed by atoms with Gasteiger partial charge in [0, 0.05) is 6.04 Å². The quantitative estimate of drug-likeness (QED) is 0.676. The summed E-state index contributed by atoms with van der Waals surface area (Å²) in [6, 6.07) is 11.2. The van der Waals surface area contributed by atoms with E-state index < -0.39 is 18.0 Å². The summed E-state index contributed by atoms with van der Waals surface area (Å²) in [5.41, 5.74) is 5.77. The van der Waals surface area contributed by atoms with Crippen molar-refractivity contribution in [1.82, 2.24) is 16.0 Å². The first-order valence-corrected chi connectivity index (χ1v) is 9.60. The van der Waals surface area contributed by atoms with Gasteiger partial charge in [-0.3, -0.25) is 14.9 Å². The Morgan fingerprint density at radius 2 is 1.83 bits per heavy atom. The van der Waals surface area contributed by atoms with Crippen molar-refractivity contribution in [2.75, 3.05) is 7.11 Å². The fourth-order valence-electron chi connectivity index (χ4n) is 4.03. The molecule has 1 saturated heterocycles. The molecule has 1 aliphatic carbocycles. The number of ether oxygens (including phenoxy) is 1. The first-order chi connectivity index (χ1) is 13.9. The van der Waals surface area contributed by atoms with Crippen LogP contribution in [0.15, 0.2) is 36.4 Å². The number of fused-ring (bicyclic) bond motifs is 1.